The number of benzene rings is 6. The van der Waals surface area contributed by atoms with Gasteiger partial charge in [0.25, 0.3) is 0 Å². The molecule has 0 fully saturated rings. The fourth-order valence-electron chi connectivity index (χ4n) is 7.78. The molecule has 0 saturated carbocycles. The van der Waals surface area contributed by atoms with Crippen LogP contribution < -0.4 is 20.7 Å². The summed E-state index contributed by atoms with van der Waals surface area (Å²) in [6, 6.07) is 51.3. The SMILES string of the molecule is CC(C)(C)c1ccc2c(c1)[Si]1(c3cc(-c4ccccc4)ccc3-2)c2cc(-c3ccccc3)ccc2-c2ccc(C(C)(C)C)cc21. The lowest BCUT2D eigenvalue weighted by atomic mass is 9.86. The Morgan fingerprint density at radius 1 is 0.333 bits per heavy atom. The third kappa shape index (κ3) is 4.17. The molecule has 0 saturated heterocycles. The zero-order valence-electron chi connectivity index (χ0n) is 27.2. The Kier molecular flexibility index (Phi) is 6.09. The molecule has 0 nitrogen and oxygen atoms in total. The monoisotopic (exact) mass is 596 g/mol. The third-order valence-corrected chi connectivity index (χ3v) is 15.1. The first-order chi connectivity index (χ1) is 21.6. The van der Waals surface area contributed by atoms with Crippen molar-refractivity contribution in [1.82, 2.24) is 0 Å². The maximum atomic E-state index is 2.60. The van der Waals surface area contributed by atoms with Gasteiger partial charge in [-0.25, -0.2) is 0 Å². The fraction of sp³-hybridized carbons (Fsp3) is 0.182. The van der Waals surface area contributed by atoms with Crippen LogP contribution in [-0.4, -0.2) is 8.07 Å². The molecule has 0 amide bonds. The summed E-state index contributed by atoms with van der Waals surface area (Å²) in [4.78, 5) is 0. The van der Waals surface area contributed by atoms with Crippen molar-refractivity contribution in [2.75, 3.05) is 0 Å². The van der Waals surface area contributed by atoms with Crippen LogP contribution in [0, 0.1) is 0 Å². The molecule has 0 N–H and O–H groups in total. The highest BCUT2D eigenvalue weighted by Crippen LogP contribution is 2.40. The highest BCUT2D eigenvalue weighted by atomic mass is 28.3. The molecule has 0 atom stereocenters. The Morgan fingerprint density at radius 3 is 1.02 bits per heavy atom. The normalized spacial score (nSPS) is 14.2. The van der Waals surface area contributed by atoms with Crippen LogP contribution in [0.1, 0.15) is 52.7 Å². The summed E-state index contributed by atoms with van der Waals surface area (Å²) in [6.07, 6.45) is 0. The van der Waals surface area contributed by atoms with Crippen LogP contribution in [0.25, 0.3) is 44.5 Å². The maximum absolute atomic E-state index is 2.70. The van der Waals surface area contributed by atoms with Crippen LogP contribution >= 0.6 is 0 Å². The lowest BCUT2D eigenvalue weighted by Crippen LogP contribution is -2.71. The molecule has 2 heterocycles. The van der Waals surface area contributed by atoms with E-state index in [9.17, 15) is 0 Å². The van der Waals surface area contributed by atoms with E-state index in [2.05, 4.69) is 175 Å². The van der Waals surface area contributed by atoms with E-state index in [4.69, 9.17) is 0 Å². The van der Waals surface area contributed by atoms with E-state index in [-0.39, 0.29) is 10.8 Å². The van der Waals surface area contributed by atoms with Gasteiger partial charge in [0.05, 0.1) is 0 Å². The highest BCUT2D eigenvalue weighted by Gasteiger charge is 2.54. The first-order valence-corrected chi connectivity index (χ1v) is 18.3. The minimum atomic E-state index is -2.70. The summed E-state index contributed by atoms with van der Waals surface area (Å²) in [6.45, 7) is 14.1. The largest absolute Gasteiger partial charge is 0.182 e. The van der Waals surface area contributed by atoms with Crippen molar-refractivity contribution >= 4 is 28.8 Å². The lowest BCUT2D eigenvalue weighted by molar-refractivity contribution is 0.590. The molecule has 0 bridgehead atoms. The quantitative estimate of drug-likeness (QED) is 0.175. The van der Waals surface area contributed by atoms with Gasteiger partial charge in [-0.3, -0.25) is 0 Å². The maximum Gasteiger partial charge on any atom is 0.182 e. The van der Waals surface area contributed by atoms with Gasteiger partial charge in [0.1, 0.15) is 0 Å². The molecule has 2 aliphatic heterocycles. The Bertz CT molecular complexity index is 1950. The second-order valence-electron chi connectivity index (χ2n) is 15.0. The fourth-order valence-corrected chi connectivity index (χ4v) is 13.5. The molecule has 0 aromatic heterocycles. The first-order valence-electron chi connectivity index (χ1n) is 16.3. The molecular formula is C44H40Si. The van der Waals surface area contributed by atoms with Gasteiger partial charge in [0.2, 0.25) is 0 Å². The van der Waals surface area contributed by atoms with Crippen LogP contribution in [-0.2, 0) is 10.8 Å². The molecule has 6 aromatic rings. The molecule has 0 aliphatic carbocycles. The first kappa shape index (κ1) is 28.0. The van der Waals surface area contributed by atoms with Crippen molar-refractivity contribution in [2.24, 2.45) is 0 Å². The van der Waals surface area contributed by atoms with Gasteiger partial charge in [-0.15, -0.1) is 0 Å². The minimum absolute atomic E-state index is 0.0536. The molecular weight excluding hydrogens is 557 g/mol. The zero-order chi connectivity index (χ0) is 31.1. The van der Waals surface area contributed by atoms with Crippen molar-refractivity contribution in [3.05, 3.63) is 145 Å². The van der Waals surface area contributed by atoms with Crippen molar-refractivity contribution in [2.45, 2.75) is 52.4 Å². The van der Waals surface area contributed by atoms with Gasteiger partial charge in [-0.1, -0.05) is 175 Å². The Morgan fingerprint density at radius 2 is 0.667 bits per heavy atom. The van der Waals surface area contributed by atoms with Crippen LogP contribution in [0.5, 0.6) is 0 Å². The standard InChI is InChI=1S/C44H40Si/c1-43(2,3)33-19-23-37-35-21-17-31(29-13-9-7-10-14-29)25-39(35)45(41(37)27-33)40-26-32(30-15-11-8-12-16-30)18-22-36(40)38-24-20-34(28-42(38)45)44(4,5)6/h7-28H,1-6H3. The highest BCUT2D eigenvalue weighted by molar-refractivity contribution is 7.24. The summed E-state index contributed by atoms with van der Waals surface area (Å²) in [5, 5.41) is 6.15. The predicted molar refractivity (Wildman–Crippen MR) is 196 cm³/mol. The third-order valence-electron chi connectivity index (χ3n) is 10.2. The number of fused-ring (bicyclic) bond motifs is 10. The Balaban J connectivity index is 1.53. The van der Waals surface area contributed by atoms with Crippen LogP contribution in [0.4, 0.5) is 0 Å². The summed E-state index contributed by atoms with van der Waals surface area (Å²) < 4.78 is 0. The van der Waals surface area contributed by atoms with Crippen LogP contribution in [0.3, 0.4) is 0 Å². The van der Waals surface area contributed by atoms with Gasteiger partial charge >= 0.3 is 0 Å². The van der Waals surface area contributed by atoms with E-state index in [1.807, 2.05) is 0 Å². The van der Waals surface area contributed by atoms with E-state index < -0.39 is 8.07 Å². The van der Waals surface area contributed by atoms with Gasteiger partial charge in [0, 0.05) is 0 Å². The second kappa shape index (κ2) is 9.77. The average Bonchev–Trinajstić information content (AvgIpc) is 3.50. The summed E-state index contributed by atoms with van der Waals surface area (Å²) in [5.41, 5.74) is 13.7. The summed E-state index contributed by atoms with van der Waals surface area (Å²) in [7, 11) is -2.70. The molecule has 45 heavy (non-hydrogen) atoms. The lowest BCUT2D eigenvalue weighted by Gasteiger charge is -2.31. The van der Waals surface area contributed by atoms with Gasteiger partial charge in [-0.2, -0.15) is 0 Å². The second-order valence-corrected chi connectivity index (χ2v) is 18.7. The minimum Gasteiger partial charge on any atom is -0.0622 e. The van der Waals surface area contributed by atoms with Crippen molar-refractivity contribution in [1.29, 1.82) is 0 Å². The van der Waals surface area contributed by atoms with Crippen LogP contribution in [0.2, 0.25) is 0 Å². The van der Waals surface area contributed by atoms with Crippen LogP contribution in [0.15, 0.2) is 133 Å². The smallest absolute Gasteiger partial charge is 0.0622 e. The number of hydrogen-bond donors (Lipinski definition) is 0. The molecule has 0 unspecified atom stereocenters. The molecule has 0 radical (unpaired) electrons. The van der Waals surface area contributed by atoms with Gasteiger partial charge < -0.3 is 0 Å². The van der Waals surface area contributed by atoms with Gasteiger partial charge in [0.15, 0.2) is 8.07 Å². The number of hydrogen-bond acceptors (Lipinski definition) is 0. The molecule has 2 aliphatic rings. The molecule has 6 aromatic carbocycles. The number of rotatable bonds is 2. The molecule has 1 heteroatoms. The molecule has 1 spiro atoms. The Labute approximate surface area is 269 Å². The Hall–Kier alpha value is -4.46. The van der Waals surface area contributed by atoms with E-state index >= 15 is 0 Å². The van der Waals surface area contributed by atoms with Crippen molar-refractivity contribution < 1.29 is 0 Å². The zero-order valence-corrected chi connectivity index (χ0v) is 28.2. The molecule has 220 valence electrons. The molecule has 8 rings (SSSR count). The van der Waals surface area contributed by atoms with E-state index in [1.165, 1.54) is 66.0 Å². The summed E-state index contributed by atoms with van der Waals surface area (Å²) in [5.74, 6) is 0. The predicted octanol–water partition coefficient (Wildman–Crippen LogP) is 8.95. The van der Waals surface area contributed by atoms with Crippen molar-refractivity contribution in [3.63, 3.8) is 0 Å². The van der Waals surface area contributed by atoms with E-state index in [1.54, 1.807) is 10.4 Å². The average molecular weight is 597 g/mol. The topological polar surface area (TPSA) is 0 Å². The van der Waals surface area contributed by atoms with Crippen molar-refractivity contribution in [3.8, 4) is 44.5 Å². The van der Waals surface area contributed by atoms with E-state index in [0.717, 1.165) is 0 Å². The summed E-state index contributed by atoms with van der Waals surface area (Å²) >= 11 is 0. The van der Waals surface area contributed by atoms with E-state index in [0.29, 0.717) is 0 Å². The van der Waals surface area contributed by atoms with Gasteiger partial charge in [-0.05, 0) is 87.2 Å².